The summed E-state index contributed by atoms with van der Waals surface area (Å²) < 4.78 is 11.6. The standard InChI is InChI=1S/C23H23N3O3S/c27-22(21-14-28-19-8-4-5-9-20(19)29-21)26-12-10-17(11-13-26)24-23-25-18(15-30-23)16-6-2-1-3-7-16/h1-9,15,17,21H,10-14H2,(H,24,25). The van der Waals surface area contributed by atoms with Gasteiger partial charge >= 0.3 is 0 Å². The summed E-state index contributed by atoms with van der Waals surface area (Å²) in [5.41, 5.74) is 2.11. The molecule has 154 valence electrons. The SMILES string of the molecule is O=C(C1COc2ccccc2O1)N1CCC(Nc2nc(-c3ccccc3)cs2)CC1. The molecule has 1 saturated heterocycles. The molecule has 7 heteroatoms. The van der Waals surface area contributed by atoms with E-state index in [0.717, 1.165) is 29.2 Å². The Labute approximate surface area is 179 Å². The number of nitrogens with zero attached hydrogens (tertiary/aromatic N) is 2. The summed E-state index contributed by atoms with van der Waals surface area (Å²) in [7, 11) is 0. The summed E-state index contributed by atoms with van der Waals surface area (Å²) in [6, 6.07) is 18.0. The summed E-state index contributed by atoms with van der Waals surface area (Å²) in [5, 5.41) is 6.54. The van der Waals surface area contributed by atoms with Gasteiger partial charge < -0.3 is 19.7 Å². The molecule has 0 aliphatic carbocycles. The largest absolute Gasteiger partial charge is 0.485 e. The Hall–Kier alpha value is -3.06. The molecule has 1 unspecified atom stereocenters. The van der Waals surface area contributed by atoms with Crippen LogP contribution in [0, 0.1) is 0 Å². The second kappa shape index (κ2) is 8.36. The maximum absolute atomic E-state index is 12.9. The van der Waals surface area contributed by atoms with E-state index in [4.69, 9.17) is 14.5 Å². The maximum atomic E-state index is 12.9. The zero-order valence-electron chi connectivity index (χ0n) is 16.5. The Kier molecular flexibility index (Phi) is 5.27. The Balaban J connectivity index is 1.14. The van der Waals surface area contributed by atoms with Crippen molar-refractivity contribution >= 4 is 22.4 Å². The number of fused-ring (bicyclic) bond motifs is 1. The zero-order chi connectivity index (χ0) is 20.3. The van der Waals surface area contributed by atoms with Gasteiger partial charge in [-0.3, -0.25) is 4.79 Å². The third kappa shape index (κ3) is 3.98. The number of benzene rings is 2. The summed E-state index contributed by atoms with van der Waals surface area (Å²) in [6.45, 7) is 1.67. The first-order valence-electron chi connectivity index (χ1n) is 10.2. The second-order valence-corrected chi connectivity index (χ2v) is 8.37. The van der Waals surface area contributed by atoms with Crippen molar-refractivity contribution in [2.45, 2.75) is 25.0 Å². The molecule has 0 spiro atoms. The first-order valence-corrected chi connectivity index (χ1v) is 11.1. The molecule has 6 nitrogen and oxygen atoms in total. The molecule has 1 aromatic heterocycles. The Bertz CT molecular complexity index is 1020. The van der Waals surface area contributed by atoms with E-state index in [1.165, 1.54) is 0 Å². The number of rotatable bonds is 4. The molecule has 2 aromatic carbocycles. The summed E-state index contributed by atoms with van der Waals surface area (Å²) >= 11 is 1.62. The fourth-order valence-electron chi connectivity index (χ4n) is 3.85. The number of aromatic nitrogens is 1. The Morgan fingerprint density at radius 2 is 1.77 bits per heavy atom. The fraction of sp³-hybridized carbons (Fsp3) is 0.304. The van der Waals surface area contributed by atoms with Crippen molar-refractivity contribution in [1.29, 1.82) is 0 Å². The average molecular weight is 422 g/mol. The lowest BCUT2D eigenvalue weighted by Gasteiger charge is -2.35. The molecule has 2 aliphatic heterocycles. The van der Waals surface area contributed by atoms with Crippen molar-refractivity contribution in [1.82, 2.24) is 9.88 Å². The molecule has 1 N–H and O–H groups in total. The number of amides is 1. The van der Waals surface area contributed by atoms with E-state index in [9.17, 15) is 4.79 Å². The number of ether oxygens (including phenoxy) is 2. The first kappa shape index (κ1) is 18.9. The number of carbonyl (C=O) groups excluding carboxylic acids is 1. The number of hydrogen-bond donors (Lipinski definition) is 1. The van der Waals surface area contributed by atoms with Gasteiger partial charge in [-0.2, -0.15) is 0 Å². The molecule has 1 fully saturated rings. The van der Waals surface area contributed by atoms with Crippen LogP contribution in [0.2, 0.25) is 0 Å². The Morgan fingerprint density at radius 1 is 1.03 bits per heavy atom. The van der Waals surface area contributed by atoms with Gasteiger partial charge in [0.25, 0.3) is 5.91 Å². The van der Waals surface area contributed by atoms with Gasteiger partial charge in [-0.1, -0.05) is 42.5 Å². The lowest BCUT2D eigenvalue weighted by Crippen LogP contribution is -2.50. The van der Waals surface area contributed by atoms with Crippen LogP contribution in [-0.4, -0.2) is 47.6 Å². The number of anilines is 1. The van der Waals surface area contributed by atoms with Crippen molar-refractivity contribution < 1.29 is 14.3 Å². The molecular weight excluding hydrogens is 398 g/mol. The average Bonchev–Trinajstić information content (AvgIpc) is 3.28. The number of thiazole rings is 1. The van der Waals surface area contributed by atoms with Gasteiger partial charge in [-0.25, -0.2) is 4.98 Å². The van der Waals surface area contributed by atoms with Crippen molar-refractivity contribution in [2.75, 3.05) is 25.0 Å². The van der Waals surface area contributed by atoms with Gasteiger partial charge in [0.05, 0.1) is 5.69 Å². The third-order valence-corrected chi connectivity index (χ3v) is 6.27. The lowest BCUT2D eigenvalue weighted by molar-refractivity contribution is -0.142. The molecular formula is C23H23N3O3S. The van der Waals surface area contributed by atoms with Gasteiger partial charge in [-0.05, 0) is 25.0 Å². The quantitative estimate of drug-likeness (QED) is 0.689. The fourth-order valence-corrected chi connectivity index (χ4v) is 4.64. The highest BCUT2D eigenvalue weighted by Crippen LogP contribution is 2.32. The van der Waals surface area contributed by atoms with E-state index in [1.807, 2.05) is 47.4 Å². The maximum Gasteiger partial charge on any atom is 0.267 e. The highest BCUT2D eigenvalue weighted by atomic mass is 32.1. The van der Waals surface area contributed by atoms with Crippen LogP contribution in [0.15, 0.2) is 60.0 Å². The number of nitrogens with one attached hydrogen (secondary N) is 1. The molecule has 1 atom stereocenters. The number of likely N-dealkylation sites (tertiary alicyclic amines) is 1. The Morgan fingerprint density at radius 3 is 2.57 bits per heavy atom. The first-order chi connectivity index (χ1) is 14.8. The summed E-state index contributed by atoms with van der Waals surface area (Å²) in [4.78, 5) is 19.5. The van der Waals surface area contributed by atoms with Gasteiger partial charge in [0, 0.05) is 30.1 Å². The van der Waals surface area contributed by atoms with Crippen LogP contribution in [-0.2, 0) is 4.79 Å². The monoisotopic (exact) mass is 421 g/mol. The van der Waals surface area contributed by atoms with Gasteiger partial charge in [-0.15, -0.1) is 11.3 Å². The van der Waals surface area contributed by atoms with Crippen LogP contribution in [0.3, 0.4) is 0 Å². The van der Waals surface area contributed by atoms with Crippen molar-refractivity contribution in [3.05, 3.63) is 60.0 Å². The number of hydrogen-bond acceptors (Lipinski definition) is 6. The smallest absolute Gasteiger partial charge is 0.267 e. The van der Waals surface area contributed by atoms with E-state index >= 15 is 0 Å². The van der Waals surface area contributed by atoms with E-state index < -0.39 is 6.10 Å². The van der Waals surface area contributed by atoms with Crippen molar-refractivity contribution in [3.63, 3.8) is 0 Å². The molecule has 2 aliphatic rings. The molecule has 0 bridgehead atoms. The third-order valence-electron chi connectivity index (χ3n) is 5.49. The molecule has 30 heavy (non-hydrogen) atoms. The van der Waals surface area contributed by atoms with Gasteiger partial charge in [0.2, 0.25) is 6.10 Å². The summed E-state index contributed by atoms with van der Waals surface area (Å²) in [5.74, 6) is 1.34. The normalized spacial score (nSPS) is 18.8. The number of carbonyl (C=O) groups is 1. The zero-order valence-corrected chi connectivity index (χ0v) is 17.3. The van der Waals surface area contributed by atoms with E-state index in [2.05, 4.69) is 22.8 Å². The van der Waals surface area contributed by atoms with Crippen LogP contribution in [0.1, 0.15) is 12.8 Å². The minimum Gasteiger partial charge on any atom is -0.485 e. The lowest BCUT2D eigenvalue weighted by atomic mass is 10.0. The van der Waals surface area contributed by atoms with Crippen LogP contribution >= 0.6 is 11.3 Å². The topological polar surface area (TPSA) is 63.7 Å². The van der Waals surface area contributed by atoms with Crippen molar-refractivity contribution in [3.8, 4) is 22.8 Å². The molecule has 0 saturated carbocycles. The van der Waals surface area contributed by atoms with Gasteiger partial charge in [0.15, 0.2) is 16.6 Å². The van der Waals surface area contributed by atoms with Crippen LogP contribution in [0.4, 0.5) is 5.13 Å². The van der Waals surface area contributed by atoms with E-state index in [0.29, 0.717) is 30.6 Å². The molecule has 1 amide bonds. The molecule has 3 heterocycles. The van der Waals surface area contributed by atoms with Crippen LogP contribution in [0.5, 0.6) is 11.5 Å². The summed E-state index contributed by atoms with van der Waals surface area (Å²) in [6.07, 6.45) is 1.20. The van der Waals surface area contributed by atoms with Gasteiger partial charge in [0.1, 0.15) is 6.61 Å². The number of piperidine rings is 1. The van der Waals surface area contributed by atoms with Crippen molar-refractivity contribution in [2.24, 2.45) is 0 Å². The highest BCUT2D eigenvalue weighted by molar-refractivity contribution is 7.14. The molecule has 5 rings (SSSR count). The highest BCUT2D eigenvalue weighted by Gasteiger charge is 2.33. The minimum absolute atomic E-state index is 0.00330. The van der Waals surface area contributed by atoms with E-state index in [1.54, 1.807) is 11.3 Å². The number of para-hydroxylation sites is 2. The predicted molar refractivity (Wildman–Crippen MR) is 117 cm³/mol. The minimum atomic E-state index is -0.572. The van der Waals surface area contributed by atoms with Crippen LogP contribution in [0.25, 0.3) is 11.3 Å². The second-order valence-electron chi connectivity index (χ2n) is 7.51. The predicted octanol–water partition coefficient (Wildman–Crippen LogP) is 4.05. The van der Waals surface area contributed by atoms with E-state index in [-0.39, 0.29) is 12.5 Å². The molecule has 3 aromatic rings. The molecule has 0 radical (unpaired) electrons. The van der Waals surface area contributed by atoms with Crippen LogP contribution < -0.4 is 14.8 Å².